The first-order chi connectivity index (χ1) is 11.1. The number of benzene rings is 1. The highest BCUT2D eigenvalue weighted by molar-refractivity contribution is 7.46. The van der Waals surface area contributed by atoms with E-state index < -0.39 is 37.1 Å². The molecule has 0 radical (unpaired) electrons. The fraction of sp³-hybridized carbons (Fsp3) is 0.0909. The summed E-state index contributed by atoms with van der Waals surface area (Å²) in [7, 11) is -4.86. The summed E-state index contributed by atoms with van der Waals surface area (Å²) in [4.78, 5) is 29.6. The van der Waals surface area contributed by atoms with Crippen LogP contribution in [0.15, 0.2) is 18.2 Å². The zero-order valence-electron chi connectivity index (χ0n) is 11.4. The van der Waals surface area contributed by atoms with Crippen molar-refractivity contribution in [3.63, 3.8) is 0 Å². The van der Waals surface area contributed by atoms with E-state index in [1.807, 2.05) is 0 Å². The third-order valence-corrected chi connectivity index (χ3v) is 3.84. The molecule has 0 aliphatic carbocycles. The minimum atomic E-state index is -4.86. The van der Waals surface area contributed by atoms with Gasteiger partial charge >= 0.3 is 7.82 Å². The van der Waals surface area contributed by atoms with Gasteiger partial charge in [0, 0.05) is 5.02 Å². The van der Waals surface area contributed by atoms with Crippen molar-refractivity contribution in [2.75, 3.05) is 5.32 Å². The van der Waals surface area contributed by atoms with E-state index in [0.717, 1.165) is 0 Å². The van der Waals surface area contributed by atoms with Crippen LogP contribution in [0.2, 0.25) is 15.2 Å². The van der Waals surface area contributed by atoms with Crippen molar-refractivity contribution in [3.05, 3.63) is 44.9 Å². The number of hydrogen-bond acceptors (Lipinski definition) is 4. The van der Waals surface area contributed by atoms with Gasteiger partial charge in [0.05, 0.1) is 10.7 Å². The molecule has 1 aromatic carbocycles. The third-order valence-electron chi connectivity index (χ3n) is 2.60. The fourth-order valence-electron chi connectivity index (χ4n) is 1.62. The first-order valence-electron chi connectivity index (χ1n) is 5.97. The Bertz CT molecular complexity index is 841. The second-order valence-corrected chi connectivity index (χ2v) is 6.72. The molecule has 1 amide bonds. The number of nitrogens with zero attached hydrogens (tertiary/aromatic N) is 2. The summed E-state index contributed by atoms with van der Waals surface area (Å²) in [6, 6.07) is 4.19. The Morgan fingerprint density at radius 1 is 1.38 bits per heavy atom. The average molecular weight is 419 g/mol. The Morgan fingerprint density at radius 2 is 2.04 bits per heavy atom. The number of hydrogen-bond donors (Lipinski definition) is 3. The lowest BCUT2D eigenvalue weighted by Gasteiger charge is -2.10. The molecule has 0 atom stereocenters. The quantitative estimate of drug-likeness (QED) is 0.642. The predicted octanol–water partition coefficient (Wildman–Crippen LogP) is 3.30. The molecule has 0 unspecified atom stereocenters. The lowest BCUT2D eigenvalue weighted by molar-refractivity contribution is 0.0982. The van der Waals surface area contributed by atoms with Crippen molar-refractivity contribution < 1.29 is 28.1 Å². The normalized spacial score (nSPS) is 11.6. The van der Waals surface area contributed by atoms with Gasteiger partial charge in [-0.15, -0.1) is 0 Å². The van der Waals surface area contributed by atoms with E-state index in [1.54, 1.807) is 0 Å². The smallest absolute Gasteiger partial charge is 0.319 e. The molecule has 1 heterocycles. The standard InChI is InChI=1S/C11H8Cl3FN3O5P/c12-5-1-2-7(6(13)3-5)16-11(19)9-8(15)10(14)17-18(9)4-23-24(20,21)22/h1-3H,4H2,(H,16,19)(H2,20,21,22). The van der Waals surface area contributed by atoms with E-state index in [2.05, 4.69) is 14.9 Å². The number of phosphoric ester groups is 1. The summed E-state index contributed by atoms with van der Waals surface area (Å²) in [5.41, 5.74) is -0.565. The molecule has 24 heavy (non-hydrogen) atoms. The molecule has 0 bridgehead atoms. The zero-order chi connectivity index (χ0) is 18.1. The van der Waals surface area contributed by atoms with Crippen LogP contribution in [0, 0.1) is 5.82 Å². The van der Waals surface area contributed by atoms with Crippen molar-refractivity contribution >= 4 is 54.2 Å². The summed E-state index contributed by atoms with van der Waals surface area (Å²) < 4.78 is 29.4. The van der Waals surface area contributed by atoms with Crippen LogP contribution in [0.5, 0.6) is 0 Å². The maximum absolute atomic E-state index is 14.0. The number of phosphoric acid groups is 1. The van der Waals surface area contributed by atoms with E-state index >= 15 is 0 Å². The number of carbonyl (C=O) groups excluding carboxylic acids is 1. The van der Waals surface area contributed by atoms with Crippen LogP contribution in [-0.2, 0) is 15.8 Å². The highest BCUT2D eigenvalue weighted by atomic mass is 35.5. The Hall–Kier alpha value is -1.19. The summed E-state index contributed by atoms with van der Waals surface area (Å²) in [6.45, 7) is -0.898. The Labute approximate surface area is 149 Å². The van der Waals surface area contributed by atoms with Crippen LogP contribution in [0.25, 0.3) is 0 Å². The second kappa shape index (κ2) is 7.37. The topological polar surface area (TPSA) is 114 Å². The maximum Gasteiger partial charge on any atom is 0.471 e. The lowest BCUT2D eigenvalue weighted by atomic mass is 10.3. The second-order valence-electron chi connectivity index (χ2n) is 4.28. The molecule has 3 N–H and O–H groups in total. The molecule has 2 rings (SSSR count). The molecule has 8 nitrogen and oxygen atoms in total. The van der Waals surface area contributed by atoms with Crippen molar-refractivity contribution in [2.45, 2.75) is 6.73 Å². The molecular formula is C11H8Cl3FN3O5P. The first-order valence-corrected chi connectivity index (χ1v) is 8.63. The van der Waals surface area contributed by atoms with Crippen molar-refractivity contribution in [1.82, 2.24) is 9.78 Å². The Balaban J connectivity index is 2.29. The molecule has 0 saturated carbocycles. The number of nitrogens with one attached hydrogen (secondary N) is 1. The van der Waals surface area contributed by atoms with E-state index in [0.29, 0.717) is 9.70 Å². The van der Waals surface area contributed by atoms with Gasteiger partial charge in [0.25, 0.3) is 5.91 Å². The number of rotatable bonds is 5. The lowest BCUT2D eigenvalue weighted by Crippen LogP contribution is -2.20. The Morgan fingerprint density at radius 3 is 2.62 bits per heavy atom. The van der Waals surface area contributed by atoms with Gasteiger partial charge in [-0.1, -0.05) is 34.8 Å². The van der Waals surface area contributed by atoms with Crippen LogP contribution in [0.1, 0.15) is 10.5 Å². The van der Waals surface area contributed by atoms with E-state index in [4.69, 9.17) is 44.6 Å². The molecule has 0 spiro atoms. The van der Waals surface area contributed by atoms with Crippen LogP contribution < -0.4 is 5.32 Å². The van der Waals surface area contributed by atoms with Crippen molar-refractivity contribution in [3.8, 4) is 0 Å². The Kier molecular flexibility index (Phi) is 5.87. The van der Waals surface area contributed by atoms with E-state index in [-0.39, 0.29) is 10.7 Å². The van der Waals surface area contributed by atoms with Crippen molar-refractivity contribution in [2.24, 2.45) is 0 Å². The maximum atomic E-state index is 14.0. The molecule has 0 saturated heterocycles. The fourth-order valence-corrected chi connectivity index (χ4v) is 2.52. The summed E-state index contributed by atoms with van der Waals surface area (Å²) >= 11 is 17.1. The summed E-state index contributed by atoms with van der Waals surface area (Å²) in [6.07, 6.45) is 0. The van der Waals surface area contributed by atoms with Gasteiger partial charge in [0.2, 0.25) is 0 Å². The molecule has 13 heteroatoms. The molecule has 0 aliphatic heterocycles. The minimum Gasteiger partial charge on any atom is -0.319 e. The zero-order valence-corrected chi connectivity index (χ0v) is 14.6. The largest absolute Gasteiger partial charge is 0.471 e. The minimum absolute atomic E-state index is 0.0971. The van der Waals surface area contributed by atoms with Crippen LogP contribution in [0.3, 0.4) is 0 Å². The van der Waals surface area contributed by atoms with Crippen molar-refractivity contribution in [1.29, 1.82) is 0 Å². The number of aromatic nitrogens is 2. The van der Waals surface area contributed by atoms with Gasteiger partial charge in [0.1, 0.15) is 0 Å². The number of anilines is 1. The van der Waals surface area contributed by atoms with Crippen LogP contribution in [0.4, 0.5) is 10.1 Å². The third kappa shape index (κ3) is 4.67. The first kappa shape index (κ1) is 19.1. The van der Waals surface area contributed by atoms with Crippen LogP contribution in [-0.4, -0.2) is 25.5 Å². The predicted molar refractivity (Wildman–Crippen MR) is 84.7 cm³/mol. The van der Waals surface area contributed by atoms with E-state index in [9.17, 15) is 13.8 Å². The number of amides is 1. The summed E-state index contributed by atoms with van der Waals surface area (Å²) in [5.74, 6) is -2.20. The van der Waals surface area contributed by atoms with Crippen LogP contribution >= 0.6 is 42.6 Å². The average Bonchev–Trinajstić information content (AvgIpc) is 2.74. The molecule has 130 valence electrons. The van der Waals surface area contributed by atoms with Gasteiger partial charge in [-0.05, 0) is 18.2 Å². The molecule has 2 aromatic rings. The number of halogens is 4. The molecule has 1 aromatic heterocycles. The van der Waals surface area contributed by atoms with Gasteiger partial charge < -0.3 is 15.1 Å². The van der Waals surface area contributed by atoms with Gasteiger partial charge in [0.15, 0.2) is 23.4 Å². The molecular weight excluding hydrogens is 410 g/mol. The van der Waals surface area contributed by atoms with Gasteiger partial charge in [-0.2, -0.15) is 5.10 Å². The van der Waals surface area contributed by atoms with Gasteiger partial charge in [-0.25, -0.2) is 13.6 Å². The summed E-state index contributed by atoms with van der Waals surface area (Å²) in [5, 5.41) is 5.50. The highest BCUT2D eigenvalue weighted by Crippen LogP contribution is 2.36. The number of carbonyl (C=O) groups is 1. The van der Waals surface area contributed by atoms with Gasteiger partial charge in [-0.3, -0.25) is 9.32 Å². The SMILES string of the molecule is O=C(Nc1ccc(Cl)cc1Cl)c1c(F)c(Cl)nn1COP(=O)(O)O. The monoisotopic (exact) mass is 417 g/mol. The molecule has 0 fully saturated rings. The molecule has 0 aliphatic rings. The van der Waals surface area contributed by atoms with E-state index in [1.165, 1.54) is 18.2 Å². The highest BCUT2D eigenvalue weighted by Gasteiger charge is 2.25.